The van der Waals surface area contributed by atoms with E-state index in [9.17, 15) is 9.59 Å². The van der Waals surface area contributed by atoms with Gasteiger partial charge >= 0.3 is 5.69 Å². The van der Waals surface area contributed by atoms with Crippen LogP contribution in [0.15, 0.2) is 53.3 Å². The highest BCUT2D eigenvalue weighted by molar-refractivity contribution is 7.98. The second kappa shape index (κ2) is 8.07. The van der Waals surface area contributed by atoms with Gasteiger partial charge in [0.1, 0.15) is 6.54 Å². The van der Waals surface area contributed by atoms with E-state index in [2.05, 4.69) is 41.5 Å². The number of hydrogen-bond acceptors (Lipinski definition) is 3. The van der Waals surface area contributed by atoms with E-state index in [1.54, 1.807) is 11.8 Å². The molecule has 0 atom stereocenters. The number of aromatic nitrogens is 2. The molecule has 0 bridgehead atoms. The molecule has 0 aliphatic heterocycles. The number of para-hydroxylation sites is 2. The van der Waals surface area contributed by atoms with Crippen LogP contribution >= 0.6 is 11.8 Å². The third kappa shape index (κ3) is 4.54. The van der Waals surface area contributed by atoms with Crippen molar-refractivity contribution in [1.29, 1.82) is 0 Å². The van der Waals surface area contributed by atoms with Gasteiger partial charge in [0.2, 0.25) is 5.91 Å². The van der Waals surface area contributed by atoms with Gasteiger partial charge < -0.3 is 10.3 Å². The zero-order valence-corrected chi connectivity index (χ0v) is 14.9. The minimum absolute atomic E-state index is 0.0332. The van der Waals surface area contributed by atoms with Crippen LogP contribution in [0, 0.1) is 6.92 Å². The number of nitrogens with zero attached hydrogens (tertiary/aromatic N) is 1. The lowest BCUT2D eigenvalue weighted by Gasteiger charge is -2.06. The standard InChI is InChI=1S/C19H21N3O2S/c1-14-6-8-15(9-7-14)13-25-11-10-20-18(23)12-22-17-5-3-2-4-16(17)21-19(22)24/h2-9H,10-13H2,1H3,(H,20,23)(H,21,24). The fourth-order valence-electron chi connectivity index (χ4n) is 2.60. The molecule has 0 aliphatic rings. The topological polar surface area (TPSA) is 66.9 Å². The highest BCUT2D eigenvalue weighted by Gasteiger charge is 2.09. The van der Waals surface area contributed by atoms with Crippen LogP contribution < -0.4 is 11.0 Å². The Hall–Kier alpha value is -2.47. The van der Waals surface area contributed by atoms with Crippen molar-refractivity contribution in [3.63, 3.8) is 0 Å². The molecule has 3 aromatic rings. The summed E-state index contributed by atoms with van der Waals surface area (Å²) in [6, 6.07) is 15.8. The van der Waals surface area contributed by atoms with Crippen molar-refractivity contribution in [2.75, 3.05) is 12.3 Å². The Kier molecular flexibility index (Phi) is 5.60. The van der Waals surface area contributed by atoms with Crippen molar-refractivity contribution in [3.05, 3.63) is 70.1 Å². The van der Waals surface area contributed by atoms with Gasteiger partial charge in [0.15, 0.2) is 0 Å². The Morgan fingerprint density at radius 3 is 2.72 bits per heavy atom. The summed E-state index contributed by atoms with van der Waals surface area (Å²) in [7, 11) is 0. The van der Waals surface area contributed by atoms with E-state index in [-0.39, 0.29) is 18.1 Å². The van der Waals surface area contributed by atoms with Crippen LogP contribution in [0.4, 0.5) is 0 Å². The monoisotopic (exact) mass is 355 g/mol. The van der Waals surface area contributed by atoms with Crippen molar-refractivity contribution in [2.45, 2.75) is 19.2 Å². The van der Waals surface area contributed by atoms with Crippen LogP contribution in [0.25, 0.3) is 11.0 Å². The van der Waals surface area contributed by atoms with Gasteiger partial charge in [-0.15, -0.1) is 0 Å². The summed E-state index contributed by atoms with van der Waals surface area (Å²) in [4.78, 5) is 26.8. The largest absolute Gasteiger partial charge is 0.354 e. The Morgan fingerprint density at radius 1 is 1.16 bits per heavy atom. The molecule has 5 nitrogen and oxygen atoms in total. The van der Waals surface area contributed by atoms with Crippen LogP contribution in [0.3, 0.4) is 0 Å². The van der Waals surface area contributed by atoms with Crippen molar-refractivity contribution < 1.29 is 4.79 Å². The smallest absolute Gasteiger partial charge is 0.326 e. The molecule has 0 aliphatic carbocycles. The number of H-pyrrole nitrogens is 1. The molecular weight excluding hydrogens is 334 g/mol. The number of benzene rings is 2. The summed E-state index contributed by atoms with van der Waals surface area (Å²) < 4.78 is 1.46. The summed E-state index contributed by atoms with van der Waals surface area (Å²) >= 11 is 1.78. The third-order valence-corrected chi connectivity index (χ3v) is 4.97. The van der Waals surface area contributed by atoms with E-state index in [4.69, 9.17) is 0 Å². The molecule has 0 radical (unpaired) electrons. The fraction of sp³-hybridized carbons (Fsp3) is 0.263. The molecule has 130 valence electrons. The SMILES string of the molecule is Cc1ccc(CSCCNC(=O)Cn2c(=O)[nH]c3ccccc32)cc1. The lowest BCUT2D eigenvalue weighted by atomic mass is 10.2. The quantitative estimate of drug-likeness (QED) is 0.641. The average molecular weight is 355 g/mol. The molecular formula is C19H21N3O2S. The maximum Gasteiger partial charge on any atom is 0.326 e. The average Bonchev–Trinajstić information content (AvgIpc) is 2.92. The van der Waals surface area contributed by atoms with E-state index in [0.29, 0.717) is 6.54 Å². The summed E-state index contributed by atoms with van der Waals surface area (Å²) in [5.41, 5.74) is 3.77. The van der Waals surface area contributed by atoms with E-state index < -0.39 is 0 Å². The van der Waals surface area contributed by atoms with Crippen molar-refractivity contribution in [1.82, 2.24) is 14.9 Å². The highest BCUT2D eigenvalue weighted by atomic mass is 32.2. The van der Waals surface area contributed by atoms with Crippen LogP contribution in [-0.4, -0.2) is 27.8 Å². The van der Waals surface area contributed by atoms with Crippen LogP contribution in [0.5, 0.6) is 0 Å². The number of carbonyl (C=O) groups is 1. The molecule has 0 fully saturated rings. The second-order valence-electron chi connectivity index (χ2n) is 5.92. The second-order valence-corrected chi connectivity index (χ2v) is 7.03. The number of amides is 1. The number of nitrogens with one attached hydrogen (secondary N) is 2. The van der Waals surface area contributed by atoms with E-state index in [1.807, 2.05) is 24.3 Å². The maximum atomic E-state index is 12.1. The molecule has 3 rings (SSSR count). The molecule has 25 heavy (non-hydrogen) atoms. The predicted octanol–water partition coefficient (Wildman–Crippen LogP) is 2.69. The number of imidazole rings is 1. The van der Waals surface area contributed by atoms with Gasteiger partial charge in [-0.1, -0.05) is 42.0 Å². The Bertz CT molecular complexity index is 912. The van der Waals surface area contributed by atoms with Gasteiger partial charge in [-0.05, 0) is 24.6 Å². The fourth-order valence-corrected chi connectivity index (χ4v) is 3.42. The molecule has 1 amide bonds. The van der Waals surface area contributed by atoms with Crippen molar-refractivity contribution >= 4 is 28.7 Å². The molecule has 0 unspecified atom stereocenters. The minimum Gasteiger partial charge on any atom is -0.354 e. The van der Waals surface area contributed by atoms with Gasteiger partial charge in [-0.3, -0.25) is 9.36 Å². The van der Waals surface area contributed by atoms with Gasteiger partial charge in [-0.2, -0.15) is 11.8 Å². The summed E-state index contributed by atoms with van der Waals surface area (Å²) in [6.45, 7) is 2.70. The van der Waals surface area contributed by atoms with Crippen molar-refractivity contribution in [2.24, 2.45) is 0 Å². The van der Waals surface area contributed by atoms with Crippen LogP contribution in [0.1, 0.15) is 11.1 Å². The lowest BCUT2D eigenvalue weighted by Crippen LogP contribution is -2.32. The molecule has 0 spiro atoms. The first-order valence-corrected chi connectivity index (χ1v) is 9.36. The molecule has 1 aromatic heterocycles. The number of aromatic amines is 1. The number of rotatable bonds is 7. The number of carbonyl (C=O) groups excluding carboxylic acids is 1. The summed E-state index contributed by atoms with van der Waals surface area (Å²) in [6.07, 6.45) is 0. The first kappa shape index (κ1) is 17.4. The van der Waals surface area contributed by atoms with Gasteiger partial charge in [-0.25, -0.2) is 4.79 Å². The van der Waals surface area contributed by atoms with Crippen LogP contribution in [0.2, 0.25) is 0 Å². The summed E-state index contributed by atoms with van der Waals surface area (Å²) in [5.74, 6) is 1.61. The molecule has 0 saturated carbocycles. The lowest BCUT2D eigenvalue weighted by molar-refractivity contribution is -0.121. The Morgan fingerprint density at radius 2 is 1.92 bits per heavy atom. The number of aryl methyl sites for hydroxylation is 1. The van der Waals surface area contributed by atoms with E-state index >= 15 is 0 Å². The molecule has 0 saturated heterocycles. The molecule has 2 aromatic carbocycles. The zero-order chi connectivity index (χ0) is 17.6. The maximum absolute atomic E-state index is 12.1. The molecule has 2 N–H and O–H groups in total. The van der Waals surface area contributed by atoms with Crippen molar-refractivity contribution in [3.8, 4) is 0 Å². The molecule has 1 heterocycles. The Labute approximate surface area is 150 Å². The van der Waals surface area contributed by atoms with E-state index in [0.717, 1.165) is 22.5 Å². The first-order chi connectivity index (χ1) is 12.1. The highest BCUT2D eigenvalue weighted by Crippen LogP contribution is 2.12. The Balaban J connectivity index is 1.44. The van der Waals surface area contributed by atoms with Gasteiger partial charge in [0, 0.05) is 18.1 Å². The van der Waals surface area contributed by atoms with Crippen LogP contribution in [-0.2, 0) is 17.1 Å². The normalized spacial score (nSPS) is 10.9. The molecule has 6 heteroatoms. The summed E-state index contributed by atoms with van der Waals surface area (Å²) in [5, 5.41) is 2.87. The predicted molar refractivity (Wildman–Crippen MR) is 103 cm³/mol. The van der Waals surface area contributed by atoms with Gasteiger partial charge in [0.25, 0.3) is 0 Å². The number of hydrogen-bond donors (Lipinski definition) is 2. The number of fused-ring (bicyclic) bond motifs is 1. The minimum atomic E-state index is -0.259. The third-order valence-electron chi connectivity index (χ3n) is 3.94. The number of thioether (sulfide) groups is 1. The zero-order valence-electron chi connectivity index (χ0n) is 14.1. The van der Waals surface area contributed by atoms with Gasteiger partial charge in [0.05, 0.1) is 11.0 Å². The van der Waals surface area contributed by atoms with E-state index in [1.165, 1.54) is 15.7 Å². The first-order valence-electron chi connectivity index (χ1n) is 8.21.